The minimum absolute atomic E-state index is 0.116. The lowest BCUT2D eigenvalue weighted by Gasteiger charge is -2.36. The van der Waals surface area contributed by atoms with Gasteiger partial charge in [-0.3, -0.25) is 9.59 Å². The third kappa shape index (κ3) is 2.84. The van der Waals surface area contributed by atoms with Crippen LogP contribution < -0.4 is 5.32 Å². The van der Waals surface area contributed by atoms with Crippen LogP contribution >= 0.6 is 15.9 Å². The van der Waals surface area contributed by atoms with Crippen molar-refractivity contribution < 1.29 is 14.3 Å². The van der Waals surface area contributed by atoms with Gasteiger partial charge in [0, 0.05) is 4.47 Å². The summed E-state index contributed by atoms with van der Waals surface area (Å²) < 4.78 is 6.41. The van der Waals surface area contributed by atoms with E-state index in [0.29, 0.717) is 0 Å². The van der Waals surface area contributed by atoms with Gasteiger partial charge in [0.25, 0.3) is 0 Å². The van der Waals surface area contributed by atoms with E-state index < -0.39 is 5.60 Å². The highest BCUT2D eigenvalue weighted by molar-refractivity contribution is 9.10. The zero-order chi connectivity index (χ0) is 14.9. The van der Waals surface area contributed by atoms with E-state index >= 15 is 0 Å². The molecule has 1 amide bonds. The first-order chi connectivity index (χ1) is 10.1. The van der Waals surface area contributed by atoms with Gasteiger partial charge in [0.1, 0.15) is 5.60 Å². The molecule has 1 atom stereocenters. The van der Waals surface area contributed by atoms with Crippen molar-refractivity contribution in [3.8, 4) is 0 Å². The summed E-state index contributed by atoms with van der Waals surface area (Å²) in [5.41, 5.74) is 0.161. The molecule has 1 N–H and O–H groups in total. The summed E-state index contributed by atoms with van der Waals surface area (Å²) in [7, 11) is 0. The lowest BCUT2D eigenvalue weighted by molar-refractivity contribution is -0.153. The second kappa shape index (κ2) is 5.79. The summed E-state index contributed by atoms with van der Waals surface area (Å²) in [5.74, 6) is -0.740. The molecule has 3 rings (SSSR count). The molecule has 1 aliphatic carbocycles. The van der Waals surface area contributed by atoms with E-state index in [4.69, 9.17) is 4.74 Å². The van der Waals surface area contributed by atoms with E-state index in [-0.39, 0.29) is 24.2 Å². The lowest BCUT2D eigenvalue weighted by atomic mass is 9.75. The molecule has 112 valence electrons. The third-order valence-electron chi connectivity index (χ3n) is 4.47. The standard InChI is InChI=1S/C16H18BrNO3/c17-12-6-2-3-7-13(12)18-15(20)11-10-14(19)21-16(11)8-4-1-5-9-16/h2-3,6-7,11H,1,4-5,8-10H2,(H,18,20). The first kappa shape index (κ1) is 14.6. The van der Waals surface area contributed by atoms with Crippen molar-refractivity contribution in [2.75, 3.05) is 5.32 Å². The number of amides is 1. The van der Waals surface area contributed by atoms with Crippen molar-refractivity contribution in [1.82, 2.24) is 0 Å². The number of para-hydroxylation sites is 1. The molecule has 0 bridgehead atoms. The number of carbonyl (C=O) groups is 2. The van der Waals surface area contributed by atoms with Gasteiger partial charge in [-0.25, -0.2) is 0 Å². The maximum absolute atomic E-state index is 12.6. The molecule has 1 saturated heterocycles. The largest absolute Gasteiger partial charge is 0.458 e. The van der Waals surface area contributed by atoms with Gasteiger partial charge in [0.2, 0.25) is 5.91 Å². The Bertz CT molecular complexity index is 566. The molecule has 2 fully saturated rings. The van der Waals surface area contributed by atoms with Gasteiger partial charge < -0.3 is 10.1 Å². The van der Waals surface area contributed by atoms with Crippen LogP contribution in [0, 0.1) is 5.92 Å². The quantitative estimate of drug-likeness (QED) is 0.827. The van der Waals surface area contributed by atoms with Crippen molar-refractivity contribution in [1.29, 1.82) is 0 Å². The van der Waals surface area contributed by atoms with Crippen molar-refractivity contribution >= 4 is 33.5 Å². The number of ether oxygens (including phenoxy) is 1. The predicted octanol–water partition coefficient (Wildman–Crippen LogP) is 3.65. The van der Waals surface area contributed by atoms with Gasteiger partial charge >= 0.3 is 5.97 Å². The molecule has 0 aromatic heterocycles. The third-order valence-corrected chi connectivity index (χ3v) is 5.16. The fourth-order valence-electron chi connectivity index (χ4n) is 3.41. The Labute approximate surface area is 132 Å². The minimum Gasteiger partial charge on any atom is -0.458 e. The molecule has 1 aromatic carbocycles. The molecular weight excluding hydrogens is 334 g/mol. The van der Waals surface area contributed by atoms with Gasteiger partial charge in [-0.15, -0.1) is 0 Å². The number of anilines is 1. The average Bonchev–Trinajstić information content (AvgIpc) is 2.78. The zero-order valence-electron chi connectivity index (χ0n) is 11.7. The fourth-order valence-corrected chi connectivity index (χ4v) is 3.79. The monoisotopic (exact) mass is 351 g/mol. The first-order valence-corrected chi connectivity index (χ1v) is 8.17. The Morgan fingerprint density at radius 3 is 2.67 bits per heavy atom. The Hall–Kier alpha value is -1.36. The van der Waals surface area contributed by atoms with Crippen LogP contribution in [0.4, 0.5) is 5.69 Å². The molecule has 1 aromatic rings. The minimum atomic E-state index is -0.569. The van der Waals surface area contributed by atoms with Crippen LogP contribution in [0.5, 0.6) is 0 Å². The Kier molecular flexibility index (Phi) is 4.02. The number of benzene rings is 1. The lowest BCUT2D eigenvalue weighted by Crippen LogP contribution is -2.43. The van der Waals surface area contributed by atoms with E-state index in [1.165, 1.54) is 0 Å². The van der Waals surface area contributed by atoms with E-state index in [1.807, 2.05) is 24.3 Å². The highest BCUT2D eigenvalue weighted by Gasteiger charge is 2.52. The number of hydrogen-bond donors (Lipinski definition) is 1. The molecule has 0 radical (unpaired) electrons. The molecule has 1 aliphatic heterocycles. The predicted molar refractivity (Wildman–Crippen MR) is 82.8 cm³/mol. The van der Waals surface area contributed by atoms with Gasteiger partial charge in [-0.1, -0.05) is 18.6 Å². The smallest absolute Gasteiger partial charge is 0.307 e. The molecule has 2 aliphatic rings. The average molecular weight is 352 g/mol. The molecular formula is C16H18BrNO3. The maximum atomic E-state index is 12.6. The van der Waals surface area contributed by atoms with Crippen LogP contribution in [0.25, 0.3) is 0 Å². The zero-order valence-corrected chi connectivity index (χ0v) is 13.3. The number of esters is 1. The highest BCUT2D eigenvalue weighted by Crippen LogP contribution is 2.44. The van der Waals surface area contributed by atoms with Crippen molar-refractivity contribution in [2.24, 2.45) is 5.92 Å². The highest BCUT2D eigenvalue weighted by atomic mass is 79.9. The van der Waals surface area contributed by atoms with Gasteiger partial charge in [-0.2, -0.15) is 0 Å². The topological polar surface area (TPSA) is 55.4 Å². The summed E-state index contributed by atoms with van der Waals surface area (Å²) in [4.78, 5) is 24.4. The molecule has 21 heavy (non-hydrogen) atoms. The van der Waals surface area contributed by atoms with Crippen molar-refractivity contribution in [2.45, 2.75) is 44.1 Å². The van der Waals surface area contributed by atoms with Gasteiger partial charge in [0.15, 0.2) is 0 Å². The maximum Gasteiger partial charge on any atom is 0.307 e. The normalized spacial score (nSPS) is 23.9. The van der Waals surface area contributed by atoms with Crippen molar-refractivity contribution in [3.05, 3.63) is 28.7 Å². The number of halogens is 1. The molecule has 1 unspecified atom stereocenters. The Morgan fingerprint density at radius 2 is 1.95 bits per heavy atom. The van der Waals surface area contributed by atoms with Crippen LogP contribution in [0.2, 0.25) is 0 Å². The van der Waals surface area contributed by atoms with Crippen LogP contribution in [-0.4, -0.2) is 17.5 Å². The number of hydrogen-bond acceptors (Lipinski definition) is 3. The van der Waals surface area contributed by atoms with E-state index in [0.717, 1.165) is 42.3 Å². The summed E-state index contributed by atoms with van der Waals surface area (Å²) in [6.07, 6.45) is 4.98. The summed E-state index contributed by atoms with van der Waals surface area (Å²) >= 11 is 3.42. The number of nitrogens with one attached hydrogen (secondary N) is 1. The molecule has 5 heteroatoms. The van der Waals surface area contributed by atoms with Crippen LogP contribution in [0.1, 0.15) is 38.5 Å². The summed E-state index contributed by atoms with van der Waals surface area (Å²) in [6, 6.07) is 7.48. The second-order valence-corrected chi connectivity index (χ2v) is 6.68. The first-order valence-electron chi connectivity index (χ1n) is 7.38. The van der Waals surface area contributed by atoms with Crippen LogP contribution in [0.3, 0.4) is 0 Å². The SMILES string of the molecule is O=C1CC(C(=O)Nc2ccccc2Br)C2(CCCCC2)O1. The van der Waals surface area contributed by atoms with Crippen LogP contribution in [0.15, 0.2) is 28.7 Å². The number of carbonyl (C=O) groups excluding carboxylic acids is 2. The number of rotatable bonds is 2. The van der Waals surface area contributed by atoms with E-state index in [2.05, 4.69) is 21.2 Å². The van der Waals surface area contributed by atoms with Gasteiger partial charge in [-0.05, 0) is 53.7 Å². The van der Waals surface area contributed by atoms with Crippen LogP contribution in [-0.2, 0) is 14.3 Å². The van der Waals surface area contributed by atoms with E-state index in [9.17, 15) is 9.59 Å². The molecule has 1 spiro atoms. The Morgan fingerprint density at radius 1 is 1.24 bits per heavy atom. The molecule has 4 nitrogen and oxygen atoms in total. The molecule has 1 heterocycles. The van der Waals surface area contributed by atoms with E-state index in [1.54, 1.807) is 0 Å². The molecule has 1 saturated carbocycles. The Balaban J connectivity index is 1.79. The second-order valence-electron chi connectivity index (χ2n) is 5.83. The fraction of sp³-hybridized carbons (Fsp3) is 0.500. The van der Waals surface area contributed by atoms with Gasteiger partial charge in [0.05, 0.1) is 18.0 Å². The summed E-state index contributed by atoms with van der Waals surface area (Å²) in [5, 5.41) is 2.93. The summed E-state index contributed by atoms with van der Waals surface area (Å²) in [6.45, 7) is 0. The van der Waals surface area contributed by atoms with Crippen molar-refractivity contribution in [3.63, 3.8) is 0 Å².